The average Bonchev–Trinajstić information content (AvgIpc) is 3.23. The van der Waals surface area contributed by atoms with Crippen molar-refractivity contribution in [3.63, 3.8) is 0 Å². The molecule has 0 amide bonds. The summed E-state index contributed by atoms with van der Waals surface area (Å²) in [5.74, 6) is 0.830. The second-order valence-electron chi connectivity index (χ2n) is 7.66. The third-order valence-electron chi connectivity index (χ3n) is 5.44. The monoisotopic (exact) mass is 380 g/mol. The molecule has 0 radical (unpaired) electrons. The van der Waals surface area contributed by atoms with Gasteiger partial charge in [-0.3, -0.25) is 9.80 Å². The van der Waals surface area contributed by atoms with Crippen LogP contribution in [0.2, 0.25) is 0 Å². The second kappa shape index (κ2) is 9.24. The van der Waals surface area contributed by atoms with Crippen molar-refractivity contribution >= 4 is 0 Å². The zero-order valence-electron chi connectivity index (χ0n) is 16.2. The number of rotatable bonds is 8. The predicted molar refractivity (Wildman–Crippen MR) is 107 cm³/mol. The van der Waals surface area contributed by atoms with E-state index in [9.17, 15) is 0 Å². The molecule has 4 rings (SSSR count). The molecule has 0 aliphatic carbocycles. The van der Waals surface area contributed by atoms with Crippen LogP contribution in [0.4, 0.5) is 0 Å². The molecule has 2 aliphatic heterocycles. The molecule has 0 N–H and O–H groups in total. The summed E-state index contributed by atoms with van der Waals surface area (Å²) in [5.41, 5.74) is 0.662. The Labute approximate surface area is 166 Å². The van der Waals surface area contributed by atoms with Crippen molar-refractivity contribution in [3.8, 4) is 11.8 Å². The first kappa shape index (κ1) is 19.0. The third-order valence-corrected chi connectivity index (χ3v) is 5.44. The number of ether oxygens (including phenoxy) is 2. The van der Waals surface area contributed by atoms with Gasteiger partial charge in [0.1, 0.15) is 5.75 Å². The number of fused-ring (bicyclic) bond motifs is 2. The molecule has 2 bridgehead atoms. The van der Waals surface area contributed by atoms with E-state index in [1.807, 2.05) is 12.1 Å². The van der Waals surface area contributed by atoms with E-state index in [1.54, 1.807) is 12.1 Å². The molecule has 2 unspecified atom stereocenters. The minimum atomic E-state index is 0.316. The van der Waals surface area contributed by atoms with Gasteiger partial charge in [-0.25, -0.2) is 0 Å². The molecule has 2 atom stereocenters. The molecule has 0 saturated carbocycles. The van der Waals surface area contributed by atoms with Gasteiger partial charge in [0.2, 0.25) is 0 Å². The fourth-order valence-corrected chi connectivity index (χ4v) is 4.11. The Morgan fingerprint density at radius 1 is 0.929 bits per heavy atom. The van der Waals surface area contributed by atoms with Crippen molar-refractivity contribution in [1.82, 2.24) is 14.4 Å². The first-order valence-electron chi connectivity index (χ1n) is 10.1. The van der Waals surface area contributed by atoms with Gasteiger partial charge in [0, 0.05) is 58.2 Å². The van der Waals surface area contributed by atoms with E-state index in [0.29, 0.717) is 24.4 Å². The van der Waals surface area contributed by atoms with Crippen molar-refractivity contribution in [2.45, 2.75) is 25.2 Å². The summed E-state index contributed by atoms with van der Waals surface area (Å²) in [6.07, 6.45) is 5.89. The van der Waals surface area contributed by atoms with Crippen LogP contribution in [0.1, 0.15) is 12.0 Å². The smallest absolute Gasteiger partial charge is 0.119 e. The summed E-state index contributed by atoms with van der Waals surface area (Å²) in [7, 11) is 0. The van der Waals surface area contributed by atoms with Gasteiger partial charge in [-0.1, -0.05) is 0 Å². The van der Waals surface area contributed by atoms with Gasteiger partial charge < -0.3 is 14.0 Å². The summed E-state index contributed by atoms with van der Waals surface area (Å²) in [6, 6.07) is 13.6. The molecule has 6 heteroatoms. The minimum Gasteiger partial charge on any atom is -0.494 e. The van der Waals surface area contributed by atoms with Crippen molar-refractivity contribution < 1.29 is 9.47 Å². The molecule has 1 aromatic heterocycles. The highest BCUT2D eigenvalue weighted by atomic mass is 16.5. The van der Waals surface area contributed by atoms with Crippen LogP contribution >= 0.6 is 0 Å². The highest BCUT2D eigenvalue weighted by Crippen LogP contribution is 2.19. The van der Waals surface area contributed by atoms with E-state index in [4.69, 9.17) is 14.7 Å². The number of aromatic nitrogens is 1. The number of hydrogen-bond acceptors (Lipinski definition) is 5. The maximum atomic E-state index is 8.83. The maximum absolute atomic E-state index is 8.83. The van der Waals surface area contributed by atoms with E-state index < -0.39 is 0 Å². The standard InChI is InChI=1S/C22H28N4O2/c23-14-19-4-6-20(7-5-19)27-13-3-10-25-15-21-17-26(18-22(16-25)28-21)12-11-24-8-1-2-9-24/h1-2,4-9,21-22H,3,10-13,15-18H2. The molecule has 2 aliphatic rings. The van der Waals surface area contributed by atoms with Crippen LogP contribution in [0.25, 0.3) is 0 Å². The minimum absolute atomic E-state index is 0.316. The largest absolute Gasteiger partial charge is 0.494 e. The van der Waals surface area contributed by atoms with Gasteiger partial charge in [-0.05, 0) is 42.8 Å². The Kier molecular flexibility index (Phi) is 6.27. The van der Waals surface area contributed by atoms with Crippen LogP contribution in [0.15, 0.2) is 48.8 Å². The molecular weight excluding hydrogens is 352 g/mol. The Balaban J connectivity index is 1.15. The van der Waals surface area contributed by atoms with E-state index in [-0.39, 0.29) is 0 Å². The van der Waals surface area contributed by atoms with Gasteiger partial charge in [0.05, 0.1) is 30.4 Å². The fraction of sp³-hybridized carbons (Fsp3) is 0.500. The molecule has 2 fully saturated rings. The van der Waals surface area contributed by atoms with E-state index >= 15 is 0 Å². The topological polar surface area (TPSA) is 53.7 Å². The SMILES string of the molecule is N#Cc1ccc(OCCCN2CC3CN(CCn4cccc4)CC(C2)O3)cc1. The summed E-state index contributed by atoms with van der Waals surface area (Å²) >= 11 is 0. The highest BCUT2D eigenvalue weighted by molar-refractivity contribution is 5.34. The van der Waals surface area contributed by atoms with Crippen LogP contribution in [0, 0.1) is 11.3 Å². The summed E-state index contributed by atoms with van der Waals surface area (Å²) in [4.78, 5) is 5.06. The lowest BCUT2D eigenvalue weighted by Gasteiger charge is -2.46. The fourth-order valence-electron chi connectivity index (χ4n) is 4.11. The number of morpholine rings is 2. The van der Waals surface area contributed by atoms with E-state index in [1.165, 1.54) is 0 Å². The molecule has 1 aromatic carbocycles. The zero-order chi connectivity index (χ0) is 19.2. The lowest BCUT2D eigenvalue weighted by molar-refractivity contribution is -0.139. The molecular formula is C22H28N4O2. The molecule has 2 saturated heterocycles. The number of benzene rings is 1. The van der Waals surface area contributed by atoms with Gasteiger partial charge in [-0.2, -0.15) is 5.26 Å². The normalized spacial score (nSPS) is 22.7. The van der Waals surface area contributed by atoms with Crippen LogP contribution in [-0.4, -0.2) is 72.5 Å². The van der Waals surface area contributed by atoms with Crippen molar-refractivity contribution in [3.05, 3.63) is 54.4 Å². The number of nitrogens with zero attached hydrogens (tertiary/aromatic N) is 4. The van der Waals surface area contributed by atoms with Crippen LogP contribution < -0.4 is 4.74 Å². The average molecular weight is 380 g/mol. The molecule has 0 spiro atoms. The summed E-state index contributed by atoms with van der Waals surface area (Å²) < 4.78 is 14.2. The predicted octanol–water partition coefficient (Wildman–Crippen LogP) is 2.21. The number of hydrogen-bond donors (Lipinski definition) is 0. The van der Waals surface area contributed by atoms with Crippen molar-refractivity contribution in [1.29, 1.82) is 5.26 Å². The lowest BCUT2D eigenvalue weighted by Crippen LogP contribution is -2.59. The Bertz CT molecular complexity index is 755. The van der Waals surface area contributed by atoms with Gasteiger partial charge in [0.15, 0.2) is 0 Å². The van der Waals surface area contributed by atoms with E-state index in [2.05, 4.69) is 45.0 Å². The zero-order valence-corrected chi connectivity index (χ0v) is 16.2. The maximum Gasteiger partial charge on any atom is 0.119 e. The van der Waals surface area contributed by atoms with Crippen molar-refractivity contribution in [2.24, 2.45) is 0 Å². The van der Waals surface area contributed by atoms with Gasteiger partial charge in [0.25, 0.3) is 0 Å². The van der Waals surface area contributed by atoms with Gasteiger partial charge >= 0.3 is 0 Å². The quantitative estimate of drug-likeness (QED) is 0.658. The number of nitriles is 1. The van der Waals surface area contributed by atoms with Crippen LogP contribution in [0.5, 0.6) is 5.75 Å². The molecule has 148 valence electrons. The van der Waals surface area contributed by atoms with E-state index in [0.717, 1.165) is 58.0 Å². The molecule has 28 heavy (non-hydrogen) atoms. The molecule has 2 aromatic rings. The third kappa shape index (κ3) is 5.14. The lowest BCUT2D eigenvalue weighted by atomic mass is 10.1. The van der Waals surface area contributed by atoms with Crippen molar-refractivity contribution in [2.75, 3.05) is 45.9 Å². The highest BCUT2D eigenvalue weighted by Gasteiger charge is 2.34. The first-order valence-corrected chi connectivity index (χ1v) is 10.1. The first-order chi connectivity index (χ1) is 13.8. The van der Waals surface area contributed by atoms with Gasteiger partial charge in [-0.15, -0.1) is 0 Å². The molecule has 3 heterocycles. The summed E-state index contributed by atoms with van der Waals surface area (Å²) in [5, 5.41) is 8.83. The Morgan fingerprint density at radius 2 is 1.57 bits per heavy atom. The Hall–Kier alpha value is -2.33. The Morgan fingerprint density at radius 3 is 2.21 bits per heavy atom. The molecule has 6 nitrogen and oxygen atoms in total. The second-order valence-corrected chi connectivity index (χ2v) is 7.66. The summed E-state index contributed by atoms with van der Waals surface area (Å²) in [6.45, 7) is 7.93. The van der Waals surface area contributed by atoms with Crippen LogP contribution in [0.3, 0.4) is 0 Å². The van der Waals surface area contributed by atoms with Crippen LogP contribution in [-0.2, 0) is 11.3 Å².